The number of nitrogens with zero attached hydrogens (tertiary/aromatic N) is 2. The van der Waals surface area contributed by atoms with E-state index in [9.17, 15) is 16.8 Å². The maximum atomic E-state index is 12.4. The SMILES string of the molecule is O=S(=O)(N=C1C=CC(=NS(=O)(=O)c2ccc(Cl)cc2)C(Cl)=C1)c1ccc(Cl)cc1. The lowest BCUT2D eigenvalue weighted by atomic mass is 10.1. The molecule has 0 aliphatic heterocycles. The van der Waals surface area contributed by atoms with Crippen LogP contribution in [0.15, 0.2) is 90.4 Å². The van der Waals surface area contributed by atoms with Crippen LogP contribution >= 0.6 is 34.8 Å². The molecule has 2 aromatic carbocycles. The van der Waals surface area contributed by atoms with Gasteiger partial charge in [-0.25, -0.2) is 0 Å². The average molecular weight is 490 g/mol. The van der Waals surface area contributed by atoms with Crippen LogP contribution in [0.1, 0.15) is 0 Å². The Hall–Kier alpha value is -1.97. The number of halogens is 3. The molecule has 0 N–H and O–H groups in total. The summed E-state index contributed by atoms with van der Waals surface area (Å²) in [5.74, 6) is 0. The average Bonchev–Trinajstić information content (AvgIpc) is 2.64. The predicted molar refractivity (Wildman–Crippen MR) is 115 cm³/mol. The summed E-state index contributed by atoms with van der Waals surface area (Å²) < 4.78 is 56.9. The lowest BCUT2D eigenvalue weighted by Gasteiger charge is -2.07. The van der Waals surface area contributed by atoms with Gasteiger partial charge in [0.15, 0.2) is 0 Å². The van der Waals surface area contributed by atoms with Crippen LogP contribution in [-0.4, -0.2) is 28.3 Å². The zero-order chi connectivity index (χ0) is 21.2. The molecule has 11 heteroatoms. The third-order valence-electron chi connectivity index (χ3n) is 3.60. The molecule has 0 unspecified atom stereocenters. The van der Waals surface area contributed by atoms with Crippen molar-refractivity contribution < 1.29 is 16.8 Å². The molecule has 0 fully saturated rings. The van der Waals surface area contributed by atoms with Crippen molar-refractivity contribution in [1.29, 1.82) is 0 Å². The molecule has 6 nitrogen and oxygen atoms in total. The monoisotopic (exact) mass is 488 g/mol. The first-order valence-electron chi connectivity index (χ1n) is 7.83. The van der Waals surface area contributed by atoms with Crippen LogP contribution in [0.2, 0.25) is 10.0 Å². The summed E-state index contributed by atoms with van der Waals surface area (Å²) >= 11 is 17.6. The van der Waals surface area contributed by atoms with Gasteiger partial charge in [-0.2, -0.15) is 25.6 Å². The van der Waals surface area contributed by atoms with Crippen LogP contribution in [0.25, 0.3) is 0 Å². The Bertz CT molecular complexity index is 1280. The minimum atomic E-state index is -4.03. The van der Waals surface area contributed by atoms with E-state index in [1.54, 1.807) is 0 Å². The quantitative estimate of drug-likeness (QED) is 0.585. The van der Waals surface area contributed by atoms with Gasteiger partial charge in [0.1, 0.15) is 0 Å². The third-order valence-corrected chi connectivity index (χ3v) is 7.03. The summed E-state index contributed by atoms with van der Waals surface area (Å²) in [5.41, 5.74) is -0.0303. The molecule has 0 radical (unpaired) electrons. The molecule has 29 heavy (non-hydrogen) atoms. The van der Waals surface area contributed by atoms with E-state index in [1.807, 2.05) is 0 Å². The van der Waals surface area contributed by atoms with Crippen molar-refractivity contribution in [2.24, 2.45) is 8.80 Å². The van der Waals surface area contributed by atoms with E-state index < -0.39 is 20.0 Å². The van der Waals surface area contributed by atoms with E-state index in [4.69, 9.17) is 34.8 Å². The second kappa shape index (κ2) is 8.41. The Morgan fingerprint density at radius 1 is 0.621 bits per heavy atom. The van der Waals surface area contributed by atoms with E-state index in [-0.39, 0.29) is 26.2 Å². The molecular weight excluding hydrogens is 479 g/mol. The first kappa shape index (κ1) is 21.7. The van der Waals surface area contributed by atoms with E-state index in [0.29, 0.717) is 10.0 Å². The number of hydrogen-bond donors (Lipinski definition) is 0. The summed E-state index contributed by atoms with van der Waals surface area (Å²) in [6.07, 6.45) is 3.78. The van der Waals surface area contributed by atoms with Crippen LogP contribution in [0.5, 0.6) is 0 Å². The van der Waals surface area contributed by atoms with Crippen molar-refractivity contribution >= 4 is 66.3 Å². The van der Waals surface area contributed by atoms with Crippen LogP contribution < -0.4 is 0 Å². The highest BCUT2D eigenvalue weighted by molar-refractivity contribution is 7.90. The number of hydrogen-bond acceptors (Lipinski definition) is 4. The first-order valence-corrected chi connectivity index (χ1v) is 11.8. The topological polar surface area (TPSA) is 93.0 Å². The lowest BCUT2D eigenvalue weighted by molar-refractivity contribution is 0.596. The first-order chi connectivity index (χ1) is 13.6. The van der Waals surface area contributed by atoms with Crippen molar-refractivity contribution in [1.82, 2.24) is 0 Å². The molecule has 2 aromatic rings. The maximum absolute atomic E-state index is 12.4. The molecule has 150 valence electrons. The smallest absolute Gasteiger partial charge is 0.199 e. The number of sulfonamides is 2. The molecule has 0 spiro atoms. The minimum absolute atomic E-state index is 0.0211. The fourth-order valence-corrected chi connectivity index (χ4v) is 4.71. The largest absolute Gasteiger partial charge is 0.282 e. The van der Waals surface area contributed by atoms with Crippen LogP contribution in [0.3, 0.4) is 0 Å². The molecule has 0 bridgehead atoms. The molecule has 0 saturated carbocycles. The molecule has 1 aliphatic rings. The molecule has 0 amide bonds. The Labute approximate surface area is 183 Å². The fraction of sp³-hybridized carbons (Fsp3) is 0. The second-order valence-electron chi connectivity index (χ2n) is 5.68. The molecule has 0 aromatic heterocycles. The Morgan fingerprint density at radius 2 is 1.07 bits per heavy atom. The highest BCUT2D eigenvalue weighted by Crippen LogP contribution is 2.21. The van der Waals surface area contributed by atoms with Crippen molar-refractivity contribution in [3.8, 4) is 0 Å². The highest BCUT2D eigenvalue weighted by Gasteiger charge is 2.19. The molecule has 0 saturated heterocycles. The molecule has 1 aliphatic carbocycles. The molecule has 0 heterocycles. The molecule has 0 atom stereocenters. The zero-order valence-electron chi connectivity index (χ0n) is 14.3. The minimum Gasteiger partial charge on any atom is -0.199 e. The lowest BCUT2D eigenvalue weighted by Crippen LogP contribution is -2.10. The van der Waals surface area contributed by atoms with Crippen LogP contribution in [-0.2, 0) is 20.0 Å². The third kappa shape index (κ3) is 5.34. The number of rotatable bonds is 4. The number of allylic oxidation sites excluding steroid dienone is 4. The second-order valence-corrected chi connectivity index (χ2v) is 10.2. The van der Waals surface area contributed by atoms with Gasteiger partial charge in [0.05, 0.1) is 26.2 Å². The summed E-state index contributed by atoms with van der Waals surface area (Å²) in [4.78, 5) is -0.103. The highest BCUT2D eigenvalue weighted by atomic mass is 35.5. The van der Waals surface area contributed by atoms with E-state index >= 15 is 0 Å². The van der Waals surface area contributed by atoms with Gasteiger partial charge in [0.25, 0.3) is 20.0 Å². The van der Waals surface area contributed by atoms with Gasteiger partial charge in [-0.1, -0.05) is 34.8 Å². The van der Waals surface area contributed by atoms with Gasteiger partial charge in [-0.15, -0.1) is 0 Å². The fourth-order valence-electron chi connectivity index (χ4n) is 2.21. The zero-order valence-corrected chi connectivity index (χ0v) is 18.2. The van der Waals surface area contributed by atoms with E-state index in [0.717, 1.165) is 0 Å². The van der Waals surface area contributed by atoms with Gasteiger partial charge >= 0.3 is 0 Å². The Balaban J connectivity index is 1.90. The van der Waals surface area contributed by atoms with Crippen molar-refractivity contribution in [2.45, 2.75) is 9.79 Å². The van der Waals surface area contributed by atoms with Gasteiger partial charge in [-0.05, 0) is 66.8 Å². The van der Waals surface area contributed by atoms with Crippen molar-refractivity contribution in [3.63, 3.8) is 0 Å². The van der Waals surface area contributed by atoms with Crippen LogP contribution in [0.4, 0.5) is 0 Å². The summed E-state index contributed by atoms with van der Waals surface area (Å²) in [6.45, 7) is 0. The van der Waals surface area contributed by atoms with Crippen molar-refractivity contribution in [2.75, 3.05) is 0 Å². The molecule has 3 rings (SSSR count). The van der Waals surface area contributed by atoms with Crippen molar-refractivity contribution in [3.05, 3.63) is 81.8 Å². The Kier molecular flexibility index (Phi) is 6.30. The maximum Gasteiger partial charge on any atom is 0.282 e. The summed E-state index contributed by atoms with van der Waals surface area (Å²) in [7, 11) is -8.02. The van der Waals surface area contributed by atoms with Gasteiger partial charge in [-0.3, -0.25) is 0 Å². The van der Waals surface area contributed by atoms with Gasteiger partial charge in [0.2, 0.25) is 0 Å². The standard InChI is InChI=1S/C18H11Cl3N2O4S2/c19-12-1-6-15(7-2-12)28(24,25)22-14-5-10-18(17(21)11-14)23-29(26,27)16-8-3-13(20)4-9-16/h1-11H. The predicted octanol–water partition coefficient (Wildman–Crippen LogP) is 4.65. The molecular formula is C18H11Cl3N2O4S2. The van der Waals surface area contributed by atoms with Crippen LogP contribution in [0, 0.1) is 0 Å². The summed E-state index contributed by atoms with van der Waals surface area (Å²) in [6, 6.07) is 11.0. The Morgan fingerprint density at radius 3 is 1.52 bits per heavy atom. The van der Waals surface area contributed by atoms with E-state index in [1.165, 1.54) is 66.8 Å². The number of benzene rings is 2. The normalized spacial score (nSPS) is 17.6. The van der Waals surface area contributed by atoms with E-state index in [2.05, 4.69) is 8.80 Å². The summed E-state index contributed by atoms with van der Waals surface area (Å²) in [5, 5.41) is 0.699. The van der Waals surface area contributed by atoms with Gasteiger partial charge in [0, 0.05) is 10.0 Å². The van der Waals surface area contributed by atoms with Gasteiger partial charge < -0.3 is 0 Å².